The van der Waals surface area contributed by atoms with Crippen molar-refractivity contribution < 1.29 is 13.2 Å². The first-order valence-electron chi connectivity index (χ1n) is 10.7. The van der Waals surface area contributed by atoms with Gasteiger partial charge in [-0.1, -0.05) is 12.1 Å². The molecule has 1 aliphatic rings. The minimum absolute atomic E-state index is 0.0455. The summed E-state index contributed by atoms with van der Waals surface area (Å²) in [7, 11) is -3.73. The minimum atomic E-state index is -3.73. The van der Waals surface area contributed by atoms with Crippen molar-refractivity contribution in [3.63, 3.8) is 0 Å². The van der Waals surface area contributed by atoms with E-state index in [1.807, 2.05) is 0 Å². The van der Waals surface area contributed by atoms with Crippen LogP contribution in [0.5, 0.6) is 0 Å². The molecule has 33 heavy (non-hydrogen) atoms. The summed E-state index contributed by atoms with van der Waals surface area (Å²) in [4.78, 5) is 32.8. The fourth-order valence-electron chi connectivity index (χ4n) is 4.28. The van der Waals surface area contributed by atoms with Gasteiger partial charge >= 0.3 is 0 Å². The van der Waals surface area contributed by atoms with E-state index >= 15 is 0 Å². The van der Waals surface area contributed by atoms with Gasteiger partial charge in [0.05, 0.1) is 15.8 Å². The van der Waals surface area contributed by atoms with E-state index in [4.69, 9.17) is 10.1 Å². The number of sulfonamides is 1. The maximum absolute atomic E-state index is 13.2. The number of nitrogens with two attached hydrogens (primary N) is 1. The zero-order valence-electron chi connectivity index (χ0n) is 17.7. The lowest BCUT2D eigenvalue weighted by atomic mass is 9.97. The van der Waals surface area contributed by atoms with Crippen LogP contribution in [0.2, 0.25) is 0 Å². The number of primary sulfonamides is 1. The molecular formula is C23H22N4O4S2. The van der Waals surface area contributed by atoms with Gasteiger partial charge in [0.25, 0.3) is 11.5 Å². The molecule has 1 aliphatic carbocycles. The normalized spacial score (nSPS) is 13.8. The van der Waals surface area contributed by atoms with Crippen molar-refractivity contribution in [1.29, 1.82) is 0 Å². The number of aromatic nitrogens is 2. The number of fused-ring (bicyclic) bond motifs is 4. The Bertz CT molecular complexity index is 1550. The Labute approximate surface area is 194 Å². The fraction of sp³-hybridized carbons (Fsp3) is 0.261. The number of carbonyl (C=O) groups excluding carboxylic acids is 1. The van der Waals surface area contributed by atoms with Crippen LogP contribution in [0.3, 0.4) is 0 Å². The highest BCUT2D eigenvalue weighted by Gasteiger charge is 2.22. The molecule has 0 atom stereocenters. The molecule has 0 aliphatic heterocycles. The number of aryl methyl sites for hydroxylation is 2. The number of hydrogen-bond acceptors (Lipinski definition) is 6. The van der Waals surface area contributed by atoms with Gasteiger partial charge < -0.3 is 5.32 Å². The number of nitrogens with one attached hydrogen (secondary N) is 1. The third-order valence-electron chi connectivity index (χ3n) is 5.96. The third kappa shape index (κ3) is 4.05. The van der Waals surface area contributed by atoms with Gasteiger partial charge in [0.2, 0.25) is 10.0 Å². The van der Waals surface area contributed by atoms with E-state index in [2.05, 4.69) is 5.32 Å². The van der Waals surface area contributed by atoms with Crippen LogP contribution in [0.4, 0.5) is 0 Å². The molecule has 0 bridgehead atoms. The summed E-state index contributed by atoms with van der Waals surface area (Å²) >= 11 is 1.56. The second kappa shape index (κ2) is 8.36. The number of nitrogens with zero attached hydrogens (tertiary/aromatic N) is 2. The summed E-state index contributed by atoms with van der Waals surface area (Å²) in [6, 6.07) is 9.57. The van der Waals surface area contributed by atoms with E-state index in [1.54, 1.807) is 41.8 Å². The van der Waals surface area contributed by atoms with Crippen molar-refractivity contribution in [2.75, 3.05) is 6.54 Å². The van der Waals surface area contributed by atoms with Crippen molar-refractivity contribution in [3.05, 3.63) is 74.5 Å². The van der Waals surface area contributed by atoms with Gasteiger partial charge in [-0.25, -0.2) is 18.5 Å². The zero-order valence-corrected chi connectivity index (χ0v) is 19.3. The zero-order chi connectivity index (χ0) is 23.2. The standard InChI is InChI=1S/C23H22N4O4S2/c24-33(30,31)15-9-7-14(8-10-15)11-12-25-21(28)17-5-3-13-27-20(17)26-22-19(23(27)29)16-4-1-2-6-18(16)32-22/h3,5,7-10,13H,1-2,4,6,11-12H2,(H,25,28)(H2,24,30,31). The van der Waals surface area contributed by atoms with Crippen molar-refractivity contribution in [2.24, 2.45) is 5.14 Å². The van der Waals surface area contributed by atoms with Crippen LogP contribution in [0.25, 0.3) is 15.9 Å². The molecule has 0 unspecified atom stereocenters. The number of hydrogen-bond donors (Lipinski definition) is 2. The molecule has 0 saturated heterocycles. The summed E-state index contributed by atoms with van der Waals surface area (Å²) in [5, 5.41) is 8.67. The monoisotopic (exact) mass is 482 g/mol. The molecule has 3 heterocycles. The molecule has 5 rings (SSSR count). The lowest BCUT2D eigenvalue weighted by Gasteiger charge is -2.11. The Morgan fingerprint density at radius 2 is 1.91 bits per heavy atom. The number of pyridine rings is 1. The lowest BCUT2D eigenvalue weighted by molar-refractivity contribution is 0.0955. The quantitative estimate of drug-likeness (QED) is 0.452. The predicted molar refractivity (Wildman–Crippen MR) is 127 cm³/mol. The first-order chi connectivity index (χ1) is 15.8. The molecule has 3 aromatic heterocycles. The lowest BCUT2D eigenvalue weighted by Crippen LogP contribution is -2.27. The Hall–Kier alpha value is -3.08. The Balaban J connectivity index is 1.39. The van der Waals surface area contributed by atoms with Crippen LogP contribution in [0.1, 0.15) is 39.2 Å². The summed E-state index contributed by atoms with van der Waals surface area (Å²) in [6.45, 7) is 0.342. The highest BCUT2D eigenvalue weighted by atomic mass is 32.2. The van der Waals surface area contributed by atoms with E-state index in [9.17, 15) is 18.0 Å². The molecule has 3 N–H and O–H groups in total. The average Bonchev–Trinajstić information content (AvgIpc) is 3.17. The predicted octanol–water partition coefficient (Wildman–Crippen LogP) is 2.41. The highest BCUT2D eigenvalue weighted by Crippen LogP contribution is 2.34. The molecule has 10 heteroatoms. The highest BCUT2D eigenvalue weighted by molar-refractivity contribution is 7.89. The van der Waals surface area contributed by atoms with Gasteiger partial charge in [0.1, 0.15) is 4.83 Å². The van der Waals surface area contributed by atoms with Crippen LogP contribution in [-0.2, 0) is 29.3 Å². The van der Waals surface area contributed by atoms with E-state index in [1.165, 1.54) is 21.4 Å². The number of thiophene rings is 1. The molecule has 1 aromatic carbocycles. The van der Waals surface area contributed by atoms with Crippen LogP contribution in [0, 0.1) is 0 Å². The topological polar surface area (TPSA) is 124 Å². The van der Waals surface area contributed by atoms with Gasteiger partial charge in [0, 0.05) is 17.6 Å². The SMILES string of the molecule is NS(=O)(=O)c1ccc(CCNC(=O)c2cccn3c(=O)c4c5c(sc4nc23)CCCC5)cc1. The molecule has 0 spiro atoms. The molecule has 4 aromatic rings. The van der Waals surface area contributed by atoms with Gasteiger partial charge in [-0.15, -0.1) is 11.3 Å². The molecule has 0 radical (unpaired) electrons. The van der Waals surface area contributed by atoms with Gasteiger partial charge in [-0.05, 0) is 67.5 Å². The first kappa shape index (κ1) is 21.7. The van der Waals surface area contributed by atoms with E-state index < -0.39 is 10.0 Å². The largest absolute Gasteiger partial charge is 0.352 e. The number of benzene rings is 1. The Kier molecular flexibility index (Phi) is 5.51. The first-order valence-corrected chi connectivity index (χ1v) is 13.0. The smallest absolute Gasteiger partial charge is 0.266 e. The van der Waals surface area contributed by atoms with Crippen LogP contribution in [0.15, 0.2) is 52.3 Å². The van der Waals surface area contributed by atoms with Crippen molar-refractivity contribution >= 4 is 43.1 Å². The van der Waals surface area contributed by atoms with Gasteiger partial charge in [-0.3, -0.25) is 14.0 Å². The summed E-state index contributed by atoms with van der Waals surface area (Å²) in [5.41, 5.74) is 2.55. The molecule has 1 amide bonds. The summed E-state index contributed by atoms with van der Waals surface area (Å²) in [5.74, 6) is -0.318. The van der Waals surface area contributed by atoms with E-state index in [0.29, 0.717) is 34.4 Å². The molecule has 8 nitrogen and oxygen atoms in total. The molecule has 0 fully saturated rings. The van der Waals surface area contributed by atoms with Crippen molar-refractivity contribution in [3.8, 4) is 0 Å². The maximum Gasteiger partial charge on any atom is 0.266 e. The summed E-state index contributed by atoms with van der Waals surface area (Å²) in [6.07, 6.45) is 6.24. The van der Waals surface area contributed by atoms with Crippen LogP contribution >= 0.6 is 11.3 Å². The summed E-state index contributed by atoms with van der Waals surface area (Å²) < 4.78 is 24.2. The maximum atomic E-state index is 13.2. The van der Waals surface area contributed by atoms with Gasteiger partial charge in [-0.2, -0.15) is 0 Å². The number of carbonyl (C=O) groups is 1. The Morgan fingerprint density at radius 3 is 2.67 bits per heavy atom. The molecular weight excluding hydrogens is 460 g/mol. The number of rotatable bonds is 5. The van der Waals surface area contributed by atoms with E-state index in [-0.39, 0.29) is 16.4 Å². The fourth-order valence-corrected chi connectivity index (χ4v) is 6.05. The number of amides is 1. The van der Waals surface area contributed by atoms with Crippen LogP contribution in [-0.4, -0.2) is 30.3 Å². The third-order valence-corrected chi connectivity index (χ3v) is 8.07. The average molecular weight is 483 g/mol. The second-order valence-electron chi connectivity index (χ2n) is 8.12. The second-order valence-corrected chi connectivity index (χ2v) is 10.8. The van der Waals surface area contributed by atoms with Crippen molar-refractivity contribution in [2.45, 2.75) is 37.0 Å². The Morgan fingerprint density at radius 1 is 1.15 bits per heavy atom. The van der Waals surface area contributed by atoms with Crippen molar-refractivity contribution in [1.82, 2.24) is 14.7 Å². The van der Waals surface area contributed by atoms with Crippen LogP contribution < -0.4 is 16.0 Å². The minimum Gasteiger partial charge on any atom is -0.352 e. The van der Waals surface area contributed by atoms with Gasteiger partial charge in [0.15, 0.2) is 5.65 Å². The molecule has 170 valence electrons. The molecule has 0 saturated carbocycles. The van der Waals surface area contributed by atoms with E-state index in [0.717, 1.165) is 36.8 Å².